The van der Waals surface area contributed by atoms with Crippen LogP contribution in [-0.2, 0) is 11.2 Å². The largest absolute Gasteiger partial charge is 0.481 e. The van der Waals surface area contributed by atoms with Crippen molar-refractivity contribution < 1.29 is 14.3 Å². The fraction of sp³-hybridized carbons (Fsp3) is 0.154. The lowest BCUT2D eigenvalue weighted by Crippen LogP contribution is -2.25. The molecule has 2 aromatic rings. The van der Waals surface area contributed by atoms with Gasteiger partial charge in [0.2, 0.25) is 4.77 Å². The summed E-state index contributed by atoms with van der Waals surface area (Å²) in [6, 6.07) is 5.64. The van der Waals surface area contributed by atoms with E-state index in [9.17, 15) is 14.0 Å². The summed E-state index contributed by atoms with van der Waals surface area (Å²) in [4.78, 5) is 22.7. The first-order chi connectivity index (χ1) is 10.5. The molecule has 0 saturated carbocycles. The molecule has 7 nitrogen and oxygen atoms in total. The monoisotopic (exact) mass is 322 g/mol. The molecule has 1 aromatic carbocycles. The molecule has 2 rings (SSSR count). The van der Waals surface area contributed by atoms with Crippen molar-refractivity contribution >= 4 is 24.4 Å². The number of rotatable bonds is 5. The number of aliphatic carboxylic acids is 1. The molecule has 2 N–H and O–H groups in total. The van der Waals surface area contributed by atoms with Crippen molar-refractivity contribution in [1.29, 1.82) is 0 Å². The number of benzene rings is 1. The van der Waals surface area contributed by atoms with E-state index in [2.05, 4.69) is 15.3 Å². The molecule has 0 bridgehead atoms. The molecule has 1 heterocycles. The Bertz CT molecular complexity index is 844. The van der Waals surface area contributed by atoms with Crippen LogP contribution in [0.2, 0.25) is 0 Å². The second-order valence-corrected chi connectivity index (χ2v) is 4.67. The lowest BCUT2D eigenvalue weighted by Gasteiger charge is -2.01. The molecule has 0 radical (unpaired) electrons. The van der Waals surface area contributed by atoms with Crippen LogP contribution in [0.3, 0.4) is 0 Å². The van der Waals surface area contributed by atoms with E-state index in [-0.39, 0.29) is 23.3 Å². The van der Waals surface area contributed by atoms with E-state index < -0.39 is 17.3 Å². The molecular formula is C13H11FN4O3S. The van der Waals surface area contributed by atoms with Crippen molar-refractivity contribution in [2.24, 2.45) is 5.10 Å². The van der Waals surface area contributed by atoms with Crippen molar-refractivity contribution in [3.8, 4) is 0 Å². The molecule has 0 aliphatic rings. The third-order valence-corrected chi connectivity index (χ3v) is 2.93. The summed E-state index contributed by atoms with van der Waals surface area (Å²) in [6.07, 6.45) is 0.991. The SMILES string of the molecule is O=C(O)CCc1n[nH]c(=S)n(/N=C\c2cccc(F)c2)c1=O. The minimum Gasteiger partial charge on any atom is -0.481 e. The van der Waals surface area contributed by atoms with Crippen LogP contribution in [0.15, 0.2) is 34.2 Å². The normalized spacial score (nSPS) is 11.0. The van der Waals surface area contributed by atoms with Gasteiger partial charge in [0.1, 0.15) is 11.5 Å². The lowest BCUT2D eigenvalue weighted by atomic mass is 10.2. The number of carbonyl (C=O) groups is 1. The molecule has 0 aliphatic heterocycles. The predicted molar refractivity (Wildman–Crippen MR) is 79.0 cm³/mol. The first-order valence-electron chi connectivity index (χ1n) is 6.19. The van der Waals surface area contributed by atoms with E-state index in [0.717, 1.165) is 4.68 Å². The first-order valence-corrected chi connectivity index (χ1v) is 6.60. The molecular weight excluding hydrogens is 311 g/mol. The van der Waals surface area contributed by atoms with Gasteiger partial charge < -0.3 is 5.11 Å². The fourth-order valence-electron chi connectivity index (χ4n) is 1.63. The highest BCUT2D eigenvalue weighted by molar-refractivity contribution is 7.71. The minimum absolute atomic E-state index is 0.00684. The summed E-state index contributed by atoms with van der Waals surface area (Å²) in [6.45, 7) is 0. The van der Waals surface area contributed by atoms with Crippen LogP contribution in [0, 0.1) is 10.6 Å². The number of halogens is 1. The third kappa shape index (κ3) is 3.92. The topological polar surface area (TPSA) is 100 Å². The van der Waals surface area contributed by atoms with Crippen LogP contribution < -0.4 is 5.56 Å². The number of nitrogens with one attached hydrogen (secondary N) is 1. The molecule has 0 amide bonds. The Morgan fingerprint density at radius 2 is 2.32 bits per heavy atom. The van der Waals surface area contributed by atoms with Gasteiger partial charge in [-0.3, -0.25) is 14.7 Å². The van der Waals surface area contributed by atoms with Crippen LogP contribution in [0.5, 0.6) is 0 Å². The molecule has 0 saturated heterocycles. The number of carboxylic acid groups (broad SMARTS) is 1. The maximum Gasteiger partial charge on any atom is 0.303 e. The number of carboxylic acids is 1. The highest BCUT2D eigenvalue weighted by atomic mass is 32.1. The van der Waals surface area contributed by atoms with E-state index in [1.165, 1.54) is 24.4 Å². The van der Waals surface area contributed by atoms with Gasteiger partial charge in [-0.1, -0.05) is 12.1 Å². The van der Waals surface area contributed by atoms with Gasteiger partial charge in [0.25, 0.3) is 5.56 Å². The van der Waals surface area contributed by atoms with Crippen LogP contribution in [0.1, 0.15) is 17.7 Å². The van der Waals surface area contributed by atoms with Crippen molar-refractivity contribution in [2.75, 3.05) is 0 Å². The summed E-state index contributed by atoms with van der Waals surface area (Å²) in [5.41, 5.74) is -0.157. The number of H-pyrrole nitrogens is 1. The molecule has 0 aliphatic carbocycles. The number of aryl methyl sites for hydroxylation is 1. The average Bonchev–Trinajstić information content (AvgIpc) is 2.46. The average molecular weight is 322 g/mol. The summed E-state index contributed by atoms with van der Waals surface area (Å²) in [5, 5.41) is 18.7. The number of hydrogen-bond donors (Lipinski definition) is 2. The molecule has 1 aromatic heterocycles. The van der Waals surface area contributed by atoms with Crippen LogP contribution in [0.25, 0.3) is 0 Å². The molecule has 114 valence electrons. The van der Waals surface area contributed by atoms with Gasteiger partial charge in [-0.2, -0.15) is 14.9 Å². The molecule has 9 heteroatoms. The Balaban J connectivity index is 2.34. The smallest absolute Gasteiger partial charge is 0.303 e. The third-order valence-electron chi connectivity index (χ3n) is 2.66. The van der Waals surface area contributed by atoms with Crippen molar-refractivity contribution in [2.45, 2.75) is 12.8 Å². The fourth-order valence-corrected chi connectivity index (χ4v) is 1.80. The first kappa shape index (κ1) is 15.7. The predicted octanol–water partition coefficient (Wildman–Crippen LogP) is 1.34. The summed E-state index contributed by atoms with van der Waals surface area (Å²) >= 11 is 4.92. The molecule has 22 heavy (non-hydrogen) atoms. The maximum absolute atomic E-state index is 13.1. The molecule has 0 atom stereocenters. The van der Waals surface area contributed by atoms with Gasteiger partial charge in [0.15, 0.2) is 0 Å². The Labute approximate surface area is 128 Å². The van der Waals surface area contributed by atoms with Gasteiger partial charge in [-0.25, -0.2) is 4.39 Å². The highest BCUT2D eigenvalue weighted by Crippen LogP contribution is 2.01. The number of aromatic amines is 1. The molecule has 0 fully saturated rings. The van der Waals surface area contributed by atoms with Gasteiger partial charge in [0.05, 0.1) is 12.6 Å². The van der Waals surface area contributed by atoms with Gasteiger partial charge in [0, 0.05) is 6.42 Å². The van der Waals surface area contributed by atoms with Crippen LogP contribution in [-0.4, -0.2) is 32.2 Å². The summed E-state index contributed by atoms with van der Waals surface area (Å²) in [7, 11) is 0. The Morgan fingerprint density at radius 1 is 1.55 bits per heavy atom. The van der Waals surface area contributed by atoms with E-state index in [1.54, 1.807) is 6.07 Å². The highest BCUT2D eigenvalue weighted by Gasteiger charge is 2.08. The summed E-state index contributed by atoms with van der Waals surface area (Å²) in [5.74, 6) is -1.48. The van der Waals surface area contributed by atoms with Crippen molar-refractivity contribution in [3.63, 3.8) is 0 Å². The van der Waals surface area contributed by atoms with Crippen LogP contribution in [0.4, 0.5) is 4.39 Å². The Kier molecular flexibility index (Phi) is 4.89. The quantitative estimate of drug-likeness (QED) is 0.639. The van der Waals surface area contributed by atoms with Gasteiger partial charge in [-0.05, 0) is 29.9 Å². The number of hydrogen-bond acceptors (Lipinski definition) is 5. The minimum atomic E-state index is -1.04. The molecule has 0 unspecified atom stereocenters. The second-order valence-electron chi connectivity index (χ2n) is 4.29. The standard InChI is InChI=1S/C13H11FN4O3S/c14-9-3-1-2-8(6-9)7-15-18-12(21)10(4-5-11(19)20)16-17-13(18)22/h1-3,6-7H,4-5H2,(H,17,22)(H,19,20)/b15-7-. The van der Waals surface area contributed by atoms with Crippen LogP contribution >= 0.6 is 12.2 Å². The second kappa shape index (κ2) is 6.85. The number of nitrogens with zero attached hydrogens (tertiary/aromatic N) is 3. The lowest BCUT2D eigenvalue weighted by molar-refractivity contribution is -0.136. The van der Waals surface area contributed by atoms with E-state index in [4.69, 9.17) is 17.3 Å². The van der Waals surface area contributed by atoms with E-state index in [0.29, 0.717) is 5.56 Å². The van der Waals surface area contributed by atoms with Crippen molar-refractivity contribution in [3.05, 3.63) is 56.5 Å². The zero-order chi connectivity index (χ0) is 16.1. The number of aromatic nitrogens is 3. The Morgan fingerprint density at radius 3 is 3.00 bits per heavy atom. The Hall–Kier alpha value is -2.68. The van der Waals surface area contributed by atoms with Gasteiger partial charge >= 0.3 is 5.97 Å². The van der Waals surface area contributed by atoms with E-state index in [1.807, 2.05) is 0 Å². The van der Waals surface area contributed by atoms with Crippen molar-refractivity contribution in [1.82, 2.24) is 14.9 Å². The maximum atomic E-state index is 13.1. The van der Waals surface area contributed by atoms with E-state index >= 15 is 0 Å². The summed E-state index contributed by atoms with van der Waals surface area (Å²) < 4.78 is 13.9. The van der Waals surface area contributed by atoms with Gasteiger partial charge in [-0.15, -0.1) is 0 Å². The zero-order valence-corrected chi connectivity index (χ0v) is 12.0. The zero-order valence-electron chi connectivity index (χ0n) is 11.2. The molecule has 0 spiro atoms.